The van der Waals surface area contributed by atoms with Crippen LogP contribution in [0.2, 0.25) is 0 Å². The lowest BCUT2D eigenvalue weighted by Gasteiger charge is -2.06. The first-order chi connectivity index (χ1) is 14.0. The van der Waals surface area contributed by atoms with Gasteiger partial charge in [-0.25, -0.2) is 9.59 Å². The molecule has 0 heterocycles. The second-order valence-electron chi connectivity index (χ2n) is 5.95. The van der Waals surface area contributed by atoms with Gasteiger partial charge in [-0.3, -0.25) is 9.59 Å². The first-order valence-electron chi connectivity index (χ1n) is 8.67. The van der Waals surface area contributed by atoms with Crippen molar-refractivity contribution < 1.29 is 44.5 Å². The molecule has 5 N–H and O–H groups in total. The molecule has 2 aromatic rings. The van der Waals surface area contributed by atoms with Crippen molar-refractivity contribution in [2.24, 2.45) is 0 Å². The highest BCUT2D eigenvalue weighted by atomic mass is 16.5. The molecule has 0 amide bonds. The van der Waals surface area contributed by atoms with Gasteiger partial charge in [-0.15, -0.1) is 0 Å². The Labute approximate surface area is 173 Å². The van der Waals surface area contributed by atoms with Crippen molar-refractivity contribution in [2.45, 2.75) is 25.7 Å². The highest BCUT2D eigenvalue weighted by Gasteiger charge is 2.22. The molecule has 160 valence electrons. The lowest BCUT2D eigenvalue weighted by Crippen LogP contribution is -2.19. The molecule has 0 saturated heterocycles. The van der Waals surface area contributed by atoms with E-state index >= 15 is 0 Å². The third kappa shape index (κ3) is 10.3. The molecular formula is C20H23BO9. The summed E-state index contributed by atoms with van der Waals surface area (Å²) in [6.07, 6.45) is 0. The molecule has 0 spiro atoms. The summed E-state index contributed by atoms with van der Waals surface area (Å²) in [4.78, 5) is 42.8. The second kappa shape index (κ2) is 13.8. The van der Waals surface area contributed by atoms with Crippen molar-refractivity contribution in [3.63, 3.8) is 0 Å². The zero-order valence-corrected chi connectivity index (χ0v) is 16.4. The standard InChI is InChI=1S/2C10H10O3.BH3O3/c2*1-7(9(11)10(12)13)8-5-3-2-4-6-8;2-1(3)4/h2*2-7H,1H3,(H,12,13);2-4H. The van der Waals surface area contributed by atoms with E-state index in [1.54, 1.807) is 62.4 Å². The number of carboxylic acids is 2. The number of carbonyl (C=O) groups excluding carboxylic acids is 2. The minimum absolute atomic E-state index is 0.571. The summed E-state index contributed by atoms with van der Waals surface area (Å²) in [5.41, 5.74) is 1.46. The number of benzene rings is 2. The summed E-state index contributed by atoms with van der Waals surface area (Å²) >= 11 is 0. The molecule has 0 aliphatic rings. The van der Waals surface area contributed by atoms with Crippen LogP contribution in [0, 0.1) is 0 Å². The lowest BCUT2D eigenvalue weighted by atomic mass is 9.97. The molecule has 2 atom stereocenters. The van der Waals surface area contributed by atoms with E-state index in [2.05, 4.69) is 0 Å². The van der Waals surface area contributed by atoms with Crippen LogP contribution in [0.25, 0.3) is 0 Å². The Balaban J connectivity index is 0.000000477. The Morgan fingerprint density at radius 2 is 0.867 bits per heavy atom. The van der Waals surface area contributed by atoms with Crippen LogP contribution in [0.15, 0.2) is 60.7 Å². The van der Waals surface area contributed by atoms with Gasteiger partial charge in [-0.2, -0.15) is 0 Å². The van der Waals surface area contributed by atoms with Crippen molar-refractivity contribution in [2.75, 3.05) is 0 Å². The van der Waals surface area contributed by atoms with Gasteiger partial charge >= 0.3 is 19.3 Å². The maximum atomic E-state index is 11.0. The fraction of sp³-hybridized carbons (Fsp3) is 0.200. The molecule has 10 heteroatoms. The zero-order valence-electron chi connectivity index (χ0n) is 16.4. The van der Waals surface area contributed by atoms with E-state index in [1.165, 1.54) is 0 Å². The van der Waals surface area contributed by atoms with Crippen LogP contribution >= 0.6 is 0 Å². The lowest BCUT2D eigenvalue weighted by molar-refractivity contribution is -0.149. The van der Waals surface area contributed by atoms with E-state index < -0.39 is 42.7 Å². The first kappa shape index (κ1) is 26.7. The molecule has 0 radical (unpaired) electrons. The summed E-state index contributed by atoms with van der Waals surface area (Å²) in [5.74, 6) is -5.44. The van der Waals surface area contributed by atoms with Gasteiger partial charge in [-0.05, 0) is 11.1 Å². The second-order valence-corrected chi connectivity index (χ2v) is 5.95. The Morgan fingerprint density at radius 3 is 1.07 bits per heavy atom. The molecule has 0 aromatic heterocycles. The van der Waals surface area contributed by atoms with Gasteiger partial charge in [-0.1, -0.05) is 74.5 Å². The monoisotopic (exact) mass is 418 g/mol. The quantitative estimate of drug-likeness (QED) is 0.337. The smallest absolute Gasteiger partial charge is 0.475 e. The number of carboxylic acid groups (broad SMARTS) is 2. The molecule has 2 rings (SSSR count). The van der Waals surface area contributed by atoms with Gasteiger partial charge in [0, 0.05) is 0 Å². The third-order valence-corrected chi connectivity index (χ3v) is 3.81. The highest BCUT2D eigenvalue weighted by molar-refractivity contribution is 6.35. The van der Waals surface area contributed by atoms with Gasteiger partial charge in [0.05, 0.1) is 11.8 Å². The van der Waals surface area contributed by atoms with E-state index in [0.29, 0.717) is 0 Å². The number of ketones is 2. The SMILES string of the molecule is CC(C(=O)C(=O)O)c1ccccc1.CC(C(=O)C(=O)O)c1ccccc1.OB(O)O. The number of hydrogen-bond acceptors (Lipinski definition) is 7. The number of aliphatic carboxylic acids is 2. The van der Waals surface area contributed by atoms with E-state index in [4.69, 9.17) is 25.3 Å². The summed E-state index contributed by atoms with van der Waals surface area (Å²) in [7, 11) is -2.17. The zero-order chi connectivity index (χ0) is 23.3. The van der Waals surface area contributed by atoms with Gasteiger partial charge in [0.15, 0.2) is 0 Å². The maximum absolute atomic E-state index is 11.0. The molecule has 30 heavy (non-hydrogen) atoms. The predicted octanol–water partition coefficient (Wildman–Crippen LogP) is 0.836. The topological polar surface area (TPSA) is 169 Å². The Hall–Kier alpha value is -3.34. The maximum Gasteiger partial charge on any atom is 0.631 e. The van der Waals surface area contributed by atoms with Crippen molar-refractivity contribution >= 4 is 30.8 Å². The van der Waals surface area contributed by atoms with Crippen LogP contribution < -0.4 is 0 Å². The Bertz CT molecular complexity index is 752. The average Bonchev–Trinajstić information content (AvgIpc) is 2.72. The minimum Gasteiger partial charge on any atom is -0.475 e. The van der Waals surface area contributed by atoms with Crippen molar-refractivity contribution in [1.82, 2.24) is 0 Å². The van der Waals surface area contributed by atoms with Crippen LogP contribution in [0.5, 0.6) is 0 Å². The van der Waals surface area contributed by atoms with Gasteiger partial charge in [0.2, 0.25) is 11.6 Å². The number of hydrogen-bond donors (Lipinski definition) is 5. The normalized spacial score (nSPS) is 11.4. The average molecular weight is 418 g/mol. The van der Waals surface area contributed by atoms with E-state index in [0.717, 1.165) is 11.1 Å². The molecule has 9 nitrogen and oxygen atoms in total. The molecule has 0 bridgehead atoms. The molecule has 0 saturated carbocycles. The first-order valence-corrected chi connectivity index (χ1v) is 8.67. The largest absolute Gasteiger partial charge is 0.631 e. The van der Waals surface area contributed by atoms with Gasteiger partial charge in [0.25, 0.3) is 0 Å². The number of carbonyl (C=O) groups is 4. The summed E-state index contributed by atoms with van der Waals surface area (Å²) in [6.45, 7) is 3.18. The number of Topliss-reactive ketones (excluding diaryl/α,β-unsaturated/α-hetero) is 2. The molecule has 0 aliphatic heterocycles. The van der Waals surface area contributed by atoms with Crippen LogP contribution in [-0.4, -0.2) is 56.1 Å². The van der Waals surface area contributed by atoms with Crippen LogP contribution in [0.4, 0.5) is 0 Å². The van der Waals surface area contributed by atoms with Crippen molar-refractivity contribution in [1.29, 1.82) is 0 Å². The molecule has 0 fully saturated rings. The molecule has 2 aromatic carbocycles. The third-order valence-electron chi connectivity index (χ3n) is 3.81. The minimum atomic E-state index is -2.17. The molecular weight excluding hydrogens is 395 g/mol. The fourth-order valence-corrected chi connectivity index (χ4v) is 2.16. The fourth-order valence-electron chi connectivity index (χ4n) is 2.16. The van der Waals surface area contributed by atoms with E-state index in [-0.39, 0.29) is 0 Å². The van der Waals surface area contributed by atoms with Gasteiger partial charge in [0.1, 0.15) is 0 Å². The van der Waals surface area contributed by atoms with Crippen LogP contribution in [0.3, 0.4) is 0 Å². The summed E-state index contributed by atoms with van der Waals surface area (Å²) < 4.78 is 0. The molecule has 2 unspecified atom stereocenters. The Morgan fingerprint density at radius 1 is 0.633 bits per heavy atom. The predicted molar refractivity (Wildman–Crippen MR) is 107 cm³/mol. The Kier molecular flexibility index (Phi) is 12.2. The van der Waals surface area contributed by atoms with Crippen LogP contribution in [0.1, 0.15) is 36.8 Å². The van der Waals surface area contributed by atoms with Gasteiger partial charge < -0.3 is 25.3 Å². The summed E-state index contributed by atoms with van der Waals surface area (Å²) in [6, 6.07) is 17.7. The van der Waals surface area contributed by atoms with Crippen molar-refractivity contribution in [3.8, 4) is 0 Å². The van der Waals surface area contributed by atoms with E-state index in [1.807, 2.05) is 12.1 Å². The van der Waals surface area contributed by atoms with E-state index in [9.17, 15) is 19.2 Å². The van der Waals surface area contributed by atoms with Crippen molar-refractivity contribution in [3.05, 3.63) is 71.8 Å². The number of rotatable bonds is 6. The highest BCUT2D eigenvalue weighted by Crippen LogP contribution is 2.16. The molecule has 0 aliphatic carbocycles. The van der Waals surface area contributed by atoms with Crippen LogP contribution in [-0.2, 0) is 19.2 Å². The summed E-state index contributed by atoms with van der Waals surface area (Å²) in [5, 5.41) is 38.4.